The minimum Gasteiger partial charge on any atom is -0.507 e. The van der Waals surface area contributed by atoms with Crippen LogP contribution in [0.1, 0.15) is 21.5 Å². The summed E-state index contributed by atoms with van der Waals surface area (Å²) in [5.41, 5.74) is 1.29. The number of methoxy groups -OCH3 is 1. The maximum Gasteiger partial charge on any atom is 0.573 e. The fourth-order valence-electron chi connectivity index (χ4n) is 2.81. The molecular formula is C24H19F3O5. The molecule has 0 aliphatic rings. The number of ketones is 1. The molecule has 0 amide bonds. The van der Waals surface area contributed by atoms with Gasteiger partial charge in [-0.1, -0.05) is 36.4 Å². The summed E-state index contributed by atoms with van der Waals surface area (Å²) in [6.45, 7) is -0.0295. The lowest BCUT2D eigenvalue weighted by Gasteiger charge is -2.12. The molecular weight excluding hydrogens is 425 g/mol. The zero-order valence-electron chi connectivity index (χ0n) is 16.9. The van der Waals surface area contributed by atoms with Gasteiger partial charge in [-0.15, -0.1) is 13.2 Å². The summed E-state index contributed by atoms with van der Waals surface area (Å²) in [5, 5.41) is 10.2. The minimum absolute atomic E-state index is 0.0192. The maximum atomic E-state index is 12.7. The van der Waals surface area contributed by atoms with Crippen LogP contribution in [0.4, 0.5) is 13.2 Å². The van der Waals surface area contributed by atoms with Gasteiger partial charge < -0.3 is 19.3 Å². The SMILES string of the molecule is COc1ccc(/C=C/C(=O)c2c(O)cccc2OCc2ccc(OC(F)(F)F)cc2)cc1. The van der Waals surface area contributed by atoms with Crippen molar-refractivity contribution in [2.75, 3.05) is 7.11 Å². The molecule has 1 N–H and O–H groups in total. The largest absolute Gasteiger partial charge is 0.573 e. The van der Waals surface area contributed by atoms with Crippen LogP contribution in [-0.2, 0) is 6.61 Å². The first-order chi connectivity index (χ1) is 15.2. The molecule has 0 spiro atoms. The normalized spacial score (nSPS) is 11.4. The highest BCUT2D eigenvalue weighted by Crippen LogP contribution is 2.30. The van der Waals surface area contributed by atoms with E-state index in [9.17, 15) is 23.1 Å². The predicted molar refractivity (Wildman–Crippen MR) is 112 cm³/mol. The van der Waals surface area contributed by atoms with E-state index in [-0.39, 0.29) is 29.4 Å². The quantitative estimate of drug-likeness (QED) is 0.353. The predicted octanol–water partition coefficient (Wildman–Crippen LogP) is 5.77. The Hall–Kier alpha value is -3.94. The van der Waals surface area contributed by atoms with E-state index in [2.05, 4.69) is 4.74 Å². The van der Waals surface area contributed by atoms with Gasteiger partial charge in [0.15, 0.2) is 5.78 Å². The lowest BCUT2D eigenvalue weighted by Crippen LogP contribution is -2.17. The van der Waals surface area contributed by atoms with Crippen molar-refractivity contribution in [1.29, 1.82) is 0 Å². The number of hydrogen-bond acceptors (Lipinski definition) is 5. The highest BCUT2D eigenvalue weighted by molar-refractivity contribution is 6.10. The van der Waals surface area contributed by atoms with Crippen LogP contribution in [-0.4, -0.2) is 24.4 Å². The first kappa shape index (κ1) is 22.7. The average Bonchev–Trinajstić information content (AvgIpc) is 2.76. The second-order valence-corrected chi connectivity index (χ2v) is 6.60. The molecule has 5 nitrogen and oxygen atoms in total. The van der Waals surface area contributed by atoms with Gasteiger partial charge in [0.25, 0.3) is 0 Å². The number of benzene rings is 3. The molecule has 0 radical (unpaired) electrons. The van der Waals surface area contributed by atoms with Crippen LogP contribution < -0.4 is 14.2 Å². The number of alkyl halides is 3. The lowest BCUT2D eigenvalue weighted by atomic mass is 10.1. The van der Waals surface area contributed by atoms with E-state index in [1.807, 2.05) is 0 Å². The first-order valence-corrected chi connectivity index (χ1v) is 9.41. The Bertz CT molecular complexity index is 1090. The highest BCUT2D eigenvalue weighted by Gasteiger charge is 2.30. The van der Waals surface area contributed by atoms with E-state index in [0.29, 0.717) is 11.3 Å². The standard InChI is InChI=1S/C24H19F3O5/c1-30-18-10-5-16(6-11-18)9-14-21(29)23-20(28)3-2-4-22(23)31-15-17-7-12-19(13-8-17)32-24(25,26)27/h2-14,28H,15H2,1H3/b14-9+. The molecule has 3 rings (SSSR count). The molecule has 0 fully saturated rings. The van der Waals surface area contributed by atoms with E-state index in [1.54, 1.807) is 37.5 Å². The van der Waals surface area contributed by atoms with E-state index >= 15 is 0 Å². The van der Waals surface area contributed by atoms with Gasteiger partial charge in [-0.05, 0) is 53.6 Å². The molecule has 0 unspecified atom stereocenters. The van der Waals surface area contributed by atoms with E-state index in [0.717, 1.165) is 17.7 Å². The van der Waals surface area contributed by atoms with Crippen molar-refractivity contribution >= 4 is 11.9 Å². The summed E-state index contributed by atoms with van der Waals surface area (Å²) < 4.78 is 51.4. The van der Waals surface area contributed by atoms with Crippen molar-refractivity contribution in [3.63, 3.8) is 0 Å². The fraction of sp³-hybridized carbons (Fsp3) is 0.125. The van der Waals surface area contributed by atoms with Crippen LogP contribution in [0.15, 0.2) is 72.8 Å². The molecule has 8 heteroatoms. The van der Waals surface area contributed by atoms with Crippen molar-refractivity contribution in [2.24, 2.45) is 0 Å². The van der Waals surface area contributed by atoms with E-state index in [4.69, 9.17) is 9.47 Å². The van der Waals surface area contributed by atoms with Gasteiger partial charge in [0, 0.05) is 0 Å². The molecule has 0 aromatic heterocycles. The van der Waals surface area contributed by atoms with Crippen LogP contribution in [0, 0.1) is 0 Å². The number of carbonyl (C=O) groups excluding carboxylic acids is 1. The zero-order chi connectivity index (χ0) is 23.1. The summed E-state index contributed by atoms with van der Waals surface area (Å²) in [4.78, 5) is 12.7. The molecule has 0 atom stereocenters. The van der Waals surface area contributed by atoms with Crippen molar-refractivity contribution in [3.05, 3.63) is 89.5 Å². The number of carbonyl (C=O) groups is 1. The fourth-order valence-corrected chi connectivity index (χ4v) is 2.81. The molecule has 0 saturated heterocycles. The van der Waals surface area contributed by atoms with Crippen LogP contribution in [0.5, 0.6) is 23.0 Å². The second kappa shape index (κ2) is 9.91. The van der Waals surface area contributed by atoms with Crippen molar-refractivity contribution in [3.8, 4) is 23.0 Å². The topological polar surface area (TPSA) is 65.0 Å². The van der Waals surface area contributed by atoms with Crippen molar-refractivity contribution in [2.45, 2.75) is 13.0 Å². The monoisotopic (exact) mass is 444 g/mol. The Labute approximate surface area is 182 Å². The number of hydrogen-bond donors (Lipinski definition) is 1. The molecule has 0 aliphatic heterocycles. The molecule has 0 aliphatic carbocycles. The molecule has 0 saturated carbocycles. The number of rotatable bonds is 8. The summed E-state index contributed by atoms with van der Waals surface area (Å²) in [5.74, 6) is -0.241. The second-order valence-electron chi connectivity index (χ2n) is 6.60. The third kappa shape index (κ3) is 6.28. The Morgan fingerprint density at radius 1 is 0.969 bits per heavy atom. The number of allylic oxidation sites excluding steroid dienone is 1. The zero-order valence-corrected chi connectivity index (χ0v) is 16.9. The molecule has 32 heavy (non-hydrogen) atoms. The van der Waals surface area contributed by atoms with Crippen LogP contribution in [0.2, 0.25) is 0 Å². The van der Waals surface area contributed by atoms with E-state index in [1.165, 1.54) is 36.4 Å². The van der Waals surface area contributed by atoms with Crippen molar-refractivity contribution in [1.82, 2.24) is 0 Å². The number of ether oxygens (including phenoxy) is 3. The number of halogens is 3. The van der Waals surface area contributed by atoms with Gasteiger partial charge in [-0.3, -0.25) is 4.79 Å². The van der Waals surface area contributed by atoms with E-state index < -0.39 is 12.1 Å². The Balaban J connectivity index is 1.71. The van der Waals surface area contributed by atoms with Crippen molar-refractivity contribution < 1.29 is 37.3 Å². The molecule has 166 valence electrons. The van der Waals surface area contributed by atoms with Crippen LogP contribution >= 0.6 is 0 Å². The number of aromatic hydroxyl groups is 1. The number of phenols is 1. The number of phenolic OH excluding ortho intramolecular Hbond substituents is 1. The highest BCUT2D eigenvalue weighted by atomic mass is 19.4. The van der Waals surface area contributed by atoms with Crippen LogP contribution in [0.25, 0.3) is 6.08 Å². The summed E-state index contributed by atoms with van der Waals surface area (Å²) in [6, 6.07) is 16.6. The first-order valence-electron chi connectivity index (χ1n) is 9.41. The summed E-state index contributed by atoms with van der Waals surface area (Å²) >= 11 is 0. The lowest BCUT2D eigenvalue weighted by molar-refractivity contribution is -0.274. The van der Waals surface area contributed by atoms with Crippen LogP contribution in [0.3, 0.4) is 0 Å². The third-order valence-corrected chi connectivity index (χ3v) is 4.34. The maximum absolute atomic E-state index is 12.7. The summed E-state index contributed by atoms with van der Waals surface area (Å²) in [7, 11) is 1.55. The van der Waals surface area contributed by atoms with Gasteiger partial charge in [0.2, 0.25) is 0 Å². The van der Waals surface area contributed by atoms with Gasteiger partial charge in [-0.2, -0.15) is 0 Å². The molecule has 0 heterocycles. The molecule has 0 bridgehead atoms. The Morgan fingerprint density at radius 2 is 1.62 bits per heavy atom. The average molecular weight is 444 g/mol. The Kier molecular flexibility index (Phi) is 7.04. The van der Waals surface area contributed by atoms with Gasteiger partial charge in [0.05, 0.1) is 7.11 Å². The minimum atomic E-state index is -4.77. The smallest absolute Gasteiger partial charge is 0.507 e. The third-order valence-electron chi connectivity index (χ3n) is 4.34. The Morgan fingerprint density at radius 3 is 2.25 bits per heavy atom. The molecule has 3 aromatic carbocycles. The molecule has 3 aromatic rings. The summed E-state index contributed by atoms with van der Waals surface area (Å²) in [6.07, 6.45) is -1.86. The van der Waals surface area contributed by atoms with Gasteiger partial charge in [-0.25, -0.2) is 0 Å². The van der Waals surface area contributed by atoms with Gasteiger partial charge in [0.1, 0.15) is 35.2 Å². The van der Waals surface area contributed by atoms with Gasteiger partial charge >= 0.3 is 6.36 Å².